The zero-order valence-corrected chi connectivity index (χ0v) is 20.8. The molecule has 2 aliphatic rings. The van der Waals surface area contributed by atoms with E-state index in [0.717, 1.165) is 19.4 Å². The summed E-state index contributed by atoms with van der Waals surface area (Å²) in [5.74, 6) is 1.37. The maximum Gasteiger partial charge on any atom is 0.251 e. The number of nitrogens with zero attached hydrogens (tertiary/aromatic N) is 1. The number of methoxy groups -OCH3 is 3. The number of fused-ring (bicyclic) bond motifs is 3. The van der Waals surface area contributed by atoms with Crippen LogP contribution in [0, 0.1) is 0 Å². The lowest BCUT2D eigenvalue weighted by Crippen LogP contribution is -2.56. The summed E-state index contributed by atoms with van der Waals surface area (Å²) in [6.45, 7) is 1.00. The van der Waals surface area contributed by atoms with Gasteiger partial charge >= 0.3 is 0 Å². The van der Waals surface area contributed by atoms with E-state index in [9.17, 15) is 4.79 Å². The Morgan fingerprint density at radius 2 is 1.68 bits per heavy atom. The van der Waals surface area contributed by atoms with Crippen molar-refractivity contribution in [3.63, 3.8) is 0 Å². The summed E-state index contributed by atoms with van der Waals surface area (Å²) in [5, 5.41) is 4.63. The zero-order chi connectivity index (χ0) is 23.7. The molecule has 3 atom stereocenters. The molecule has 2 saturated heterocycles. The van der Waals surface area contributed by atoms with E-state index in [-0.39, 0.29) is 11.9 Å². The Balaban J connectivity index is 1.28. The van der Waals surface area contributed by atoms with Crippen molar-refractivity contribution in [1.82, 2.24) is 10.2 Å². The van der Waals surface area contributed by atoms with Crippen LogP contribution in [0.15, 0.2) is 42.5 Å². The molecule has 3 aromatic rings. The van der Waals surface area contributed by atoms with Crippen molar-refractivity contribution >= 4 is 27.3 Å². The van der Waals surface area contributed by atoms with E-state index in [1.807, 2.05) is 11.3 Å². The van der Waals surface area contributed by atoms with E-state index in [1.165, 1.54) is 34.2 Å². The van der Waals surface area contributed by atoms with Crippen molar-refractivity contribution in [2.45, 2.75) is 56.8 Å². The molecule has 0 radical (unpaired) electrons. The van der Waals surface area contributed by atoms with E-state index >= 15 is 0 Å². The van der Waals surface area contributed by atoms with Gasteiger partial charge in [0.25, 0.3) is 5.91 Å². The summed E-state index contributed by atoms with van der Waals surface area (Å²) < 4.78 is 17.6. The van der Waals surface area contributed by atoms with E-state index in [2.05, 4.69) is 40.5 Å². The van der Waals surface area contributed by atoms with Gasteiger partial charge in [-0.3, -0.25) is 9.69 Å². The molecule has 7 heteroatoms. The smallest absolute Gasteiger partial charge is 0.251 e. The molecular formula is C27H32N2O4S. The molecule has 5 rings (SSSR count). The highest BCUT2D eigenvalue weighted by atomic mass is 32.1. The van der Waals surface area contributed by atoms with E-state index in [1.54, 1.807) is 33.5 Å². The fraction of sp³-hybridized carbons (Fsp3) is 0.444. The molecule has 3 heterocycles. The van der Waals surface area contributed by atoms with Gasteiger partial charge in [0.1, 0.15) is 0 Å². The van der Waals surface area contributed by atoms with Gasteiger partial charge in [0.15, 0.2) is 11.5 Å². The first-order chi connectivity index (χ1) is 16.6. The number of carbonyl (C=O) groups excluding carboxylic acids is 1. The number of hydrogen-bond donors (Lipinski definition) is 1. The quantitative estimate of drug-likeness (QED) is 0.501. The number of carbonyl (C=O) groups is 1. The van der Waals surface area contributed by atoms with Gasteiger partial charge in [-0.2, -0.15) is 0 Å². The second-order valence-electron chi connectivity index (χ2n) is 9.22. The molecule has 0 aliphatic carbocycles. The average Bonchev–Trinajstić information content (AvgIpc) is 3.25. The maximum atomic E-state index is 13.2. The first kappa shape index (κ1) is 23.0. The number of hydrogen-bond acceptors (Lipinski definition) is 6. The van der Waals surface area contributed by atoms with Crippen LogP contribution in [0.4, 0.5) is 0 Å². The molecule has 2 aromatic carbocycles. The maximum absolute atomic E-state index is 13.2. The lowest BCUT2D eigenvalue weighted by Gasteiger charge is -2.49. The van der Waals surface area contributed by atoms with Gasteiger partial charge in [-0.1, -0.05) is 24.6 Å². The Bertz CT molecular complexity index is 1100. The molecule has 1 unspecified atom stereocenters. The van der Waals surface area contributed by atoms with Crippen LogP contribution >= 0.6 is 11.3 Å². The number of piperidine rings is 2. The number of rotatable bonds is 7. The number of ether oxygens (including phenoxy) is 3. The fourth-order valence-electron chi connectivity index (χ4n) is 5.63. The highest BCUT2D eigenvalue weighted by molar-refractivity contribution is 7.19. The third-order valence-corrected chi connectivity index (χ3v) is 8.30. The summed E-state index contributed by atoms with van der Waals surface area (Å²) in [7, 11) is 4.68. The fourth-order valence-corrected chi connectivity index (χ4v) is 6.70. The average molecular weight is 481 g/mol. The molecule has 6 nitrogen and oxygen atoms in total. The van der Waals surface area contributed by atoms with E-state index < -0.39 is 0 Å². The van der Waals surface area contributed by atoms with Gasteiger partial charge in [0, 0.05) is 39.8 Å². The third-order valence-electron chi connectivity index (χ3n) is 7.20. The van der Waals surface area contributed by atoms with Crippen LogP contribution in [0.2, 0.25) is 0 Å². The summed E-state index contributed by atoms with van der Waals surface area (Å²) in [5.41, 5.74) is 0.521. The van der Waals surface area contributed by atoms with Crippen molar-refractivity contribution in [3.05, 3.63) is 52.9 Å². The predicted octanol–water partition coefficient (Wildman–Crippen LogP) is 5.24. The first-order valence-corrected chi connectivity index (χ1v) is 12.7. The van der Waals surface area contributed by atoms with Crippen molar-refractivity contribution in [1.29, 1.82) is 0 Å². The Hall–Kier alpha value is -2.77. The molecule has 180 valence electrons. The number of amides is 1. The van der Waals surface area contributed by atoms with Crippen LogP contribution in [0.3, 0.4) is 0 Å². The Kier molecular flexibility index (Phi) is 6.66. The topological polar surface area (TPSA) is 60.0 Å². The Labute approximate surface area is 204 Å². The highest BCUT2D eigenvalue weighted by Gasteiger charge is 2.39. The van der Waals surface area contributed by atoms with Gasteiger partial charge in [0.05, 0.1) is 21.3 Å². The summed E-state index contributed by atoms with van der Waals surface area (Å²) in [6.07, 6.45) is 5.62. The highest BCUT2D eigenvalue weighted by Crippen LogP contribution is 2.39. The minimum atomic E-state index is -0.0970. The summed E-state index contributed by atoms with van der Waals surface area (Å²) >= 11 is 1.90. The number of nitrogens with one attached hydrogen (secondary N) is 1. The molecule has 0 spiro atoms. The van der Waals surface area contributed by atoms with Crippen LogP contribution in [0.5, 0.6) is 17.2 Å². The van der Waals surface area contributed by atoms with Crippen LogP contribution in [0.1, 0.15) is 47.3 Å². The molecule has 34 heavy (non-hydrogen) atoms. The minimum Gasteiger partial charge on any atom is -0.493 e. The van der Waals surface area contributed by atoms with Gasteiger partial charge in [0.2, 0.25) is 5.75 Å². The molecule has 1 aromatic heterocycles. The van der Waals surface area contributed by atoms with E-state index in [4.69, 9.17) is 14.2 Å². The van der Waals surface area contributed by atoms with Gasteiger partial charge < -0.3 is 19.5 Å². The second-order valence-corrected chi connectivity index (χ2v) is 10.4. The monoisotopic (exact) mass is 480 g/mol. The van der Waals surface area contributed by atoms with Crippen LogP contribution in [-0.2, 0) is 6.54 Å². The third kappa shape index (κ3) is 4.46. The molecule has 2 aliphatic heterocycles. The van der Waals surface area contributed by atoms with Crippen LogP contribution < -0.4 is 19.5 Å². The molecule has 2 bridgehead atoms. The molecule has 1 N–H and O–H groups in total. The van der Waals surface area contributed by atoms with E-state index in [0.29, 0.717) is 34.9 Å². The van der Waals surface area contributed by atoms with Crippen LogP contribution in [0.25, 0.3) is 10.1 Å². The lowest BCUT2D eigenvalue weighted by molar-refractivity contribution is 0.0185. The predicted molar refractivity (Wildman–Crippen MR) is 135 cm³/mol. The normalized spacial score (nSPS) is 22.4. The van der Waals surface area contributed by atoms with Gasteiger partial charge in [-0.25, -0.2) is 0 Å². The summed E-state index contributed by atoms with van der Waals surface area (Å²) in [4.78, 5) is 17.3. The number of thiophene rings is 1. The SMILES string of the molecule is COc1cc(C(=O)NC2C[C@H]3CCC[C@@H](C2)N3Cc2cc3ccccc3s2)cc(OC)c1OC. The summed E-state index contributed by atoms with van der Waals surface area (Å²) in [6, 6.07) is 15.6. The lowest BCUT2D eigenvalue weighted by atomic mass is 9.81. The standard InChI is InChI=1S/C27H32N2O4S/c1-31-23-12-18(13-24(32-2)26(23)33-3)27(30)28-19-14-20-8-6-9-21(15-19)29(20)16-22-11-17-7-4-5-10-25(17)34-22/h4-5,7,10-13,19-21H,6,8-9,14-16H2,1-3H3,(H,28,30)/t19?,20-,21+. The molecule has 1 amide bonds. The molecule has 0 saturated carbocycles. The molecular weight excluding hydrogens is 448 g/mol. The number of benzene rings is 2. The largest absolute Gasteiger partial charge is 0.493 e. The van der Waals surface area contributed by atoms with Gasteiger partial charge in [-0.15, -0.1) is 11.3 Å². The van der Waals surface area contributed by atoms with Crippen molar-refractivity contribution < 1.29 is 19.0 Å². The Morgan fingerprint density at radius 3 is 2.29 bits per heavy atom. The van der Waals surface area contributed by atoms with Crippen molar-refractivity contribution in [2.75, 3.05) is 21.3 Å². The van der Waals surface area contributed by atoms with Gasteiger partial charge in [-0.05, 0) is 55.3 Å². The van der Waals surface area contributed by atoms with Crippen molar-refractivity contribution in [2.24, 2.45) is 0 Å². The molecule has 2 fully saturated rings. The Morgan fingerprint density at radius 1 is 1.00 bits per heavy atom. The minimum absolute atomic E-state index is 0.0970. The zero-order valence-electron chi connectivity index (χ0n) is 20.0. The first-order valence-electron chi connectivity index (χ1n) is 11.9. The van der Waals surface area contributed by atoms with Crippen LogP contribution in [-0.4, -0.2) is 50.3 Å². The second kappa shape index (κ2) is 9.84. The van der Waals surface area contributed by atoms with Crippen molar-refractivity contribution in [3.8, 4) is 17.2 Å².